The largest absolute Gasteiger partial charge is 0.369 e. The van der Waals surface area contributed by atoms with Gasteiger partial charge < -0.3 is 15.0 Å². The number of aromatic nitrogens is 3. The molecule has 0 amide bonds. The summed E-state index contributed by atoms with van der Waals surface area (Å²) in [6, 6.07) is 0.465. The van der Waals surface area contributed by atoms with E-state index in [1.165, 1.54) is 19.3 Å². The zero-order chi connectivity index (χ0) is 14.2. The van der Waals surface area contributed by atoms with Crippen LogP contribution in [0.4, 0.5) is 11.6 Å². The van der Waals surface area contributed by atoms with Gasteiger partial charge in [-0.25, -0.2) is 9.97 Å². The van der Waals surface area contributed by atoms with E-state index in [1.807, 2.05) is 23.0 Å². The van der Waals surface area contributed by atoms with Crippen LogP contribution in [0.2, 0.25) is 0 Å². The summed E-state index contributed by atoms with van der Waals surface area (Å²) in [6.45, 7) is 7.59. The van der Waals surface area contributed by atoms with E-state index in [4.69, 9.17) is 0 Å². The summed E-state index contributed by atoms with van der Waals surface area (Å²) >= 11 is 0. The molecule has 2 heterocycles. The maximum Gasteiger partial charge on any atom is 0.180 e. The smallest absolute Gasteiger partial charge is 0.180 e. The summed E-state index contributed by atoms with van der Waals surface area (Å²) in [5.74, 6) is 1.77. The zero-order valence-corrected chi connectivity index (χ0v) is 12.5. The van der Waals surface area contributed by atoms with Gasteiger partial charge in [-0.3, -0.25) is 0 Å². The average molecular weight is 273 g/mol. The number of fused-ring (bicyclic) bond motifs is 1. The summed E-state index contributed by atoms with van der Waals surface area (Å²) in [5.41, 5.74) is 1.22. The first-order valence-corrected chi connectivity index (χ1v) is 7.44. The molecular formula is C15H23N5. The third-order valence-corrected chi connectivity index (χ3v) is 4.30. The molecule has 2 N–H and O–H groups in total. The quantitative estimate of drug-likeness (QED) is 0.898. The second-order valence-corrected chi connectivity index (χ2v) is 6.24. The first-order chi connectivity index (χ1) is 9.60. The predicted octanol–water partition coefficient (Wildman–Crippen LogP) is 3.15. The van der Waals surface area contributed by atoms with Crippen LogP contribution < -0.4 is 10.6 Å². The van der Waals surface area contributed by atoms with Crippen LogP contribution in [-0.4, -0.2) is 27.0 Å². The van der Waals surface area contributed by atoms with E-state index < -0.39 is 0 Å². The van der Waals surface area contributed by atoms with Gasteiger partial charge >= 0.3 is 0 Å². The van der Waals surface area contributed by atoms with Crippen molar-refractivity contribution < 1.29 is 0 Å². The Balaban J connectivity index is 1.95. The average Bonchev–Trinajstić information content (AvgIpc) is 2.97. The van der Waals surface area contributed by atoms with Crippen LogP contribution in [-0.2, 0) is 0 Å². The number of imidazole rings is 1. The van der Waals surface area contributed by atoms with Crippen LogP contribution in [0, 0.1) is 5.41 Å². The molecule has 1 atom stereocenters. The monoisotopic (exact) mass is 273 g/mol. The van der Waals surface area contributed by atoms with Gasteiger partial charge in [0, 0.05) is 25.0 Å². The van der Waals surface area contributed by atoms with Crippen molar-refractivity contribution in [3.8, 4) is 0 Å². The van der Waals surface area contributed by atoms with Gasteiger partial charge in [0.05, 0.1) is 6.20 Å². The molecule has 1 aliphatic carbocycles. The molecule has 1 saturated carbocycles. The maximum atomic E-state index is 4.69. The Kier molecular flexibility index (Phi) is 3.28. The standard InChI is InChI=1S/C15H23N5/c1-4-16-12-10-20-9-8-17-14(20)13(19-12)18-11-6-5-7-15(11,2)3/h8-11,16H,4-7H2,1-3H3,(H,18,19). The van der Waals surface area contributed by atoms with Gasteiger partial charge in [0.1, 0.15) is 5.82 Å². The van der Waals surface area contributed by atoms with Crippen LogP contribution in [0.25, 0.3) is 5.65 Å². The minimum absolute atomic E-state index is 0.319. The molecule has 0 saturated heterocycles. The van der Waals surface area contributed by atoms with E-state index in [-0.39, 0.29) is 0 Å². The molecule has 1 aliphatic rings. The fraction of sp³-hybridized carbons (Fsp3) is 0.600. The lowest BCUT2D eigenvalue weighted by molar-refractivity contribution is 0.349. The second-order valence-electron chi connectivity index (χ2n) is 6.24. The highest BCUT2D eigenvalue weighted by atomic mass is 15.2. The molecule has 20 heavy (non-hydrogen) atoms. The molecule has 3 rings (SSSR count). The maximum absolute atomic E-state index is 4.69. The zero-order valence-electron chi connectivity index (χ0n) is 12.5. The molecule has 0 aliphatic heterocycles. The fourth-order valence-corrected chi connectivity index (χ4v) is 3.05. The van der Waals surface area contributed by atoms with Crippen LogP contribution in [0.5, 0.6) is 0 Å². The third-order valence-electron chi connectivity index (χ3n) is 4.30. The molecule has 0 radical (unpaired) electrons. The van der Waals surface area contributed by atoms with E-state index in [0.717, 1.165) is 23.8 Å². The van der Waals surface area contributed by atoms with Crippen LogP contribution in [0.15, 0.2) is 18.6 Å². The van der Waals surface area contributed by atoms with E-state index in [2.05, 4.69) is 41.4 Å². The minimum Gasteiger partial charge on any atom is -0.369 e. The van der Waals surface area contributed by atoms with E-state index >= 15 is 0 Å². The normalized spacial score (nSPS) is 21.2. The highest BCUT2D eigenvalue weighted by Crippen LogP contribution is 2.39. The highest BCUT2D eigenvalue weighted by Gasteiger charge is 2.35. The Hall–Kier alpha value is -1.78. The van der Waals surface area contributed by atoms with Crippen LogP contribution in [0.3, 0.4) is 0 Å². The Bertz CT molecular complexity index is 601. The van der Waals surface area contributed by atoms with Gasteiger partial charge in [0.15, 0.2) is 11.5 Å². The van der Waals surface area contributed by atoms with E-state index in [0.29, 0.717) is 11.5 Å². The van der Waals surface area contributed by atoms with E-state index in [9.17, 15) is 0 Å². The lowest BCUT2D eigenvalue weighted by Gasteiger charge is -2.28. The number of anilines is 2. The van der Waals surface area contributed by atoms with Gasteiger partial charge in [-0.1, -0.05) is 20.3 Å². The van der Waals surface area contributed by atoms with Gasteiger partial charge in [-0.15, -0.1) is 0 Å². The van der Waals surface area contributed by atoms with Crippen molar-refractivity contribution in [2.75, 3.05) is 17.2 Å². The number of hydrogen-bond acceptors (Lipinski definition) is 4. The number of nitrogens with one attached hydrogen (secondary N) is 2. The van der Waals surface area contributed by atoms with Crippen LogP contribution in [0.1, 0.15) is 40.0 Å². The second kappa shape index (κ2) is 4.96. The lowest BCUT2D eigenvalue weighted by Crippen LogP contribution is -2.31. The summed E-state index contributed by atoms with van der Waals surface area (Å²) in [5, 5.41) is 6.90. The summed E-state index contributed by atoms with van der Waals surface area (Å²) in [7, 11) is 0. The molecule has 0 bridgehead atoms. The topological polar surface area (TPSA) is 54.2 Å². The first kappa shape index (κ1) is 13.2. The summed E-state index contributed by atoms with van der Waals surface area (Å²) < 4.78 is 2.02. The Morgan fingerprint density at radius 3 is 3.00 bits per heavy atom. The van der Waals surface area contributed by atoms with Crippen molar-refractivity contribution in [2.45, 2.75) is 46.1 Å². The van der Waals surface area contributed by atoms with Gasteiger partial charge in [-0.2, -0.15) is 0 Å². The van der Waals surface area contributed by atoms with Crippen molar-refractivity contribution in [1.29, 1.82) is 0 Å². The molecule has 5 nitrogen and oxygen atoms in total. The molecule has 2 aromatic heterocycles. The fourth-order valence-electron chi connectivity index (χ4n) is 3.05. The molecular weight excluding hydrogens is 250 g/mol. The third kappa shape index (κ3) is 2.32. The molecule has 1 unspecified atom stereocenters. The number of hydrogen-bond donors (Lipinski definition) is 2. The minimum atomic E-state index is 0.319. The first-order valence-electron chi connectivity index (χ1n) is 7.44. The van der Waals surface area contributed by atoms with Gasteiger partial charge in [-0.05, 0) is 25.2 Å². The van der Waals surface area contributed by atoms with Crippen molar-refractivity contribution in [3.63, 3.8) is 0 Å². The Labute approximate surface area is 119 Å². The van der Waals surface area contributed by atoms with Crippen molar-refractivity contribution in [1.82, 2.24) is 14.4 Å². The van der Waals surface area contributed by atoms with Crippen LogP contribution >= 0.6 is 0 Å². The number of rotatable bonds is 4. The lowest BCUT2D eigenvalue weighted by atomic mass is 9.87. The molecule has 0 spiro atoms. The molecule has 0 aromatic carbocycles. The molecule has 2 aromatic rings. The molecule has 5 heteroatoms. The SMILES string of the molecule is CCNc1cn2ccnc2c(NC2CCCC2(C)C)n1. The van der Waals surface area contributed by atoms with Gasteiger partial charge in [0.2, 0.25) is 0 Å². The van der Waals surface area contributed by atoms with Gasteiger partial charge in [0.25, 0.3) is 0 Å². The highest BCUT2D eigenvalue weighted by molar-refractivity contribution is 5.65. The summed E-state index contributed by atoms with van der Waals surface area (Å²) in [4.78, 5) is 9.11. The predicted molar refractivity (Wildman–Crippen MR) is 82.2 cm³/mol. The van der Waals surface area contributed by atoms with Crippen molar-refractivity contribution in [3.05, 3.63) is 18.6 Å². The number of nitrogens with zero attached hydrogens (tertiary/aromatic N) is 3. The summed E-state index contributed by atoms with van der Waals surface area (Å²) in [6.07, 6.45) is 9.51. The Morgan fingerprint density at radius 2 is 2.30 bits per heavy atom. The molecule has 108 valence electrons. The van der Waals surface area contributed by atoms with Crippen molar-refractivity contribution in [2.24, 2.45) is 5.41 Å². The van der Waals surface area contributed by atoms with E-state index in [1.54, 1.807) is 0 Å². The molecule has 1 fully saturated rings. The Morgan fingerprint density at radius 1 is 1.45 bits per heavy atom. The van der Waals surface area contributed by atoms with Crippen molar-refractivity contribution >= 4 is 17.3 Å².